The molecule has 8 aromatic carbocycles. The van der Waals surface area contributed by atoms with Crippen LogP contribution >= 0.6 is 11.3 Å². The van der Waals surface area contributed by atoms with Crippen LogP contribution in [0.1, 0.15) is 0 Å². The van der Waals surface area contributed by atoms with Crippen molar-refractivity contribution in [3.8, 4) is 16.8 Å². The molecule has 230 valence electrons. The lowest BCUT2D eigenvalue weighted by molar-refractivity contribution is 1.18. The quantitative estimate of drug-likeness (QED) is 0.181. The van der Waals surface area contributed by atoms with Crippen LogP contribution in [0.2, 0.25) is 0 Å². The fraction of sp³-hybridized carbons (Fsp3) is 0. The third kappa shape index (κ3) is 4.62. The van der Waals surface area contributed by atoms with Crippen LogP contribution in [-0.4, -0.2) is 4.57 Å². The molecule has 0 N–H and O–H groups in total. The third-order valence-electron chi connectivity index (χ3n) is 9.76. The van der Waals surface area contributed by atoms with Gasteiger partial charge in [0, 0.05) is 53.7 Å². The van der Waals surface area contributed by atoms with Gasteiger partial charge in [0.15, 0.2) is 0 Å². The van der Waals surface area contributed by atoms with Crippen molar-refractivity contribution >= 4 is 81.1 Å². The number of rotatable bonds is 5. The Bertz CT molecular complexity index is 2830. The zero-order chi connectivity index (χ0) is 32.3. The summed E-state index contributed by atoms with van der Waals surface area (Å²) in [6.07, 6.45) is 0. The van der Waals surface area contributed by atoms with Crippen molar-refractivity contribution in [3.05, 3.63) is 182 Å². The molecule has 2 nitrogen and oxygen atoms in total. The number of benzene rings is 8. The van der Waals surface area contributed by atoms with Gasteiger partial charge >= 0.3 is 0 Å². The largest absolute Gasteiger partial charge is 0.310 e. The van der Waals surface area contributed by atoms with E-state index in [9.17, 15) is 0 Å². The molecule has 0 amide bonds. The summed E-state index contributed by atoms with van der Waals surface area (Å²) in [6.45, 7) is 0. The van der Waals surface area contributed by atoms with Crippen molar-refractivity contribution in [2.45, 2.75) is 0 Å². The molecule has 0 bridgehead atoms. The number of thiophene rings is 1. The highest BCUT2D eigenvalue weighted by molar-refractivity contribution is 7.25. The van der Waals surface area contributed by atoms with Crippen LogP contribution in [0, 0.1) is 0 Å². The Morgan fingerprint density at radius 2 is 1.00 bits per heavy atom. The third-order valence-corrected chi connectivity index (χ3v) is 10.9. The molecule has 0 unspecified atom stereocenters. The summed E-state index contributed by atoms with van der Waals surface area (Å²) in [4.78, 5) is 2.41. The van der Waals surface area contributed by atoms with Crippen molar-refractivity contribution in [1.29, 1.82) is 0 Å². The summed E-state index contributed by atoms with van der Waals surface area (Å²) >= 11 is 1.86. The summed E-state index contributed by atoms with van der Waals surface area (Å²) in [5.74, 6) is 0. The SMILES string of the molecule is c1ccc(-n2c3ccccc3c3ccc(N(c4ccc(-c5ccc6ccccc6c5)cc4)c4ccc5sc6ccccc6c5c4)cc32)cc1. The molecule has 0 aliphatic heterocycles. The number of nitrogens with zero attached hydrogens (tertiary/aromatic N) is 2. The molecule has 0 spiro atoms. The molecule has 3 heteroatoms. The molecule has 0 aliphatic carbocycles. The van der Waals surface area contributed by atoms with Crippen LogP contribution in [0.15, 0.2) is 182 Å². The molecule has 0 aliphatic rings. The Balaban J connectivity index is 1.18. The van der Waals surface area contributed by atoms with E-state index in [4.69, 9.17) is 0 Å². The highest BCUT2D eigenvalue weighted by atomic mass is 32.1. The minimum atomic E-state index is 1.12. The average Bonchev–Trinajstić information content (AvgIpc) is 3.70. The van der Waals surface area contributed by atoms with Crippen LogP contribution in [0.3, 0.4) is 0 Å². The molecule has 0 atom stereocenters. The molecule has 0 saturated heterocycles. The zero-order valence-electron chi connectivity index (χ0n) is 26.6. The Labute approximate surface area is 288 Å². The molecule has 10 aromatic rings. The van der Waals surface area contributed by atoms with Gasteiger partial charge in [-0.05, 0) is 94.7 Å². The average molecular weight is 643 g/mol. The highest BCUT2D eigenvalue weighted by Crippen LogP contribution is 2.43. The van der Waals surface area contributed by atoms with Crippen LogP contribution in [0.5, 0.6) is 0 Å². The topological polar surface area (TPSA) is 8.17 Å². The molecule has 10 rings (SSSR count). The summed E-state index contributed by atoms with van der Waals surface area (Å²) in [5, 5.41) is 7.60. The first kappa shape index (κ1) is 27.9. The van der Waals surface area contributed by atoms with E-state index in [0.29, 0.717) is 0 Å². The number of para-hydroxylation sites is 2. The number of hydrogen-bond donors (Lipinski definition) is 0. The second-order valence-corrected chi connectivity index (χ2v) is 13.7. The maximum absolute atomic E-state index is 2.41. The fourth-order valence-electron chi connectivity index (χ4n) is 7.43. The summed E-state index contributed by atoms with van der Waals surface area (Å²) < 4.78 is 5.01. The maximum Gasteiger partial charge on any atom is 0.0561 e. The van der Waals surface area contributed by atoms with Crippen LogP contribution in [0.25, 0.3) is 69.6 Å². The lowest BCUT2D eigenvalue weighted by Gasteiger charge is -2.26. The lowest BCUT2D eigenvalue weighted by Crippen LogP contribution is -2.10. The van der Waals surface area contributed by atoms with Gasteiger partial charge in [-0.25, -0.2) is 0 Å². The number of anilines is 3. The molecular formula is C46H30N2S. The van der Waals surface area contributed by atoms with Crippen LogP contribution < -0.4 is 4.90 Å². The number of fused-ring (bicyclic) bond motifs is 7. The smallest absolute Gasteiger partial charge is 0.0561 e. The second-order valence-electron chi connectivity index (χ2n) is 12.6. The molecule has 0 radical (unpaired) electrons. The van der Waals surface area contributed by atoms with E-state index in [1.54, 1.807) is 0 Å². The lowest BCUT2D eigenvalue weighted by atomic mass is 10.0. The minimum Gasteiger partial charge on any atom is -0.310 e. The number of aromatic nitrogens is 1. The van der Waals surface area contributed by atoms with Crippen molar-refractivity contribution in [2.24, 2.45) is 0 Å². The van der Waals surface area contributed by atoms with Crippen molar-refractivity contribution in [2.75, 3.05) is 4.90 Å². The molecular weight excluding hydrogens is 613 g/mol. The van der Waals surface area contributed by atoms with E-state index in [0.717, 1.165) is 22.7 Å². The second kappa shape index (κ2) is 11.2. The van der Waals surface area contributed by atoms with E-state index in [2.05, 4.69) is 191 Å². The summed E-state index contributed by atoms with van der Waals surface area (Å²) in [6, 6.07) is 66.3. The van der Waals surface area contributed by atoms with Crippen LogP contribution in [0.4, 0.5) is 17.1 Å². The fourth-order valence-corrected chi connectivity index (χ4v) is 8.51. The molecule has 2 heterocycles. The van der Waals surface area contributed by atoms with E-state index >= 15 is 0 Å². The Kier molecular flexibility index (Phi) is 6.39. The van der Waals surface area contributed by atoms with Gasteiger partial charge in [-0.15, -0.1) is 11.3 Å². The normalized spacial score (nSPS) is 11.7. The van der Waals surface area contributed by atoms with Crippen molar-refractivity contribution < 1.29 is 0 Å². The van der Waals surface area contributed by atoms with Gasteiger partial charge in [0.1, 0.15) is 0 Å². The molecule has 49 heavy (non-hydrogen) atoms. The Hall–Kier alpha value is -6.16. The monoisotopic (exact) mass is 642 g/mol. The first-order chi connectivity index (χ1) is 24.3. The molecule has 2 aromatic heterocycles. The van der Waals surface area contributed by atoms with Gasteiger partial charge in [0.05, 0.1) is 11.0 Å². The van der Waals surface area contributed by atoms with E-state index in [-0.39, 0.29) is 0 Å². The van der Waals surface area contributed by atoms with Gasteiger partial charge in [-0.1, -0.05) is 109 Å². The van der Waals surface area contributed by atoms with Gasteiger partial charge in [-0.3, -0.25) is 0 Å². The summed E-state index contributed by atoms with van der Waals surface area (Å²) in [5.41, 5.74) is 9.34. The first-order valence-corrected chi connectivity index (χ1v) is 17.5. The van der Waals surface area contributed by atoms with Crippen molar-refractivity contribution in [1.82, 2.24) is 4.57 Å². The van der Waals surface area contributed by atoms with E-state index < -0.39 is 0 Å². The van der Waals surface area contributed by atoms with E-state index in [1.165, 1.54) is 63.9 Å². The zero-order valence-corrected chi connectivity index (χ0v) is 27.4. The Morgan fingerprint density at radius 3 is 1.88 bits per heavy atom. The Morgan fingerprint density at radius 1 is 0.367 bits per heavy atom. The summed E-state index contributed by atoms with van der Waals surface area (Å²) in [7, 11) is 0. The van der Waals surface area contributed by atoms with Crippen molar-refractivity contribution in [3.63, 3.8) is 0 Å². The minimum absolute atomic E-state index is 1.12. The van der Waals surface area contributed by atoms with Gasteiger partial charge in [-0.2, -0.15) is 0 Å². The number of hydrogen-bond acceptors (Lipinski definition) is 2. The maximum atomic E-state index is 2.41. The predicted molar refractivity (Wildman–Crippen MR) is 211 cm³/mol. The highest BCUT2D eigenvalue weighted by Gasteiger charge is 2.19. The molecule has 0 fully saturated rings. The van der Waals surface area contributed by atoms with Gasteiger partial charge < -0.3 is 9.47 Å². The first-order valence-electron chi connectivity index (χ1n) is 16.7. The predicted octanol–water partition coefficient (Wildman–Crippen LogP) is 13.4. The van der Waals surface area contributed by atoms with Crippen LogP contribution in [-0.2, 0) is 0 Å². The van der Waals surface area contributed by atoms with E-state index in [1.807, 2.05) is 11.3 Å². The molecule has 0 saturated carbocycles. The van der Waals surface area contributed by atoms with Gasteiger partial charge in [0.2, 0.25) is 0 Å². The van der Waals surface area contributed by atoms with Gasteiger partial charge in [0.25, 0.3) is 0 Å². The standard InChI is InChI=1S/C46H30N2S/c1-2-12-35(13-3-1)48-43-16-8-6-14-39(43)40-26-24-38(30-44(40)48)47(37-25-27-46-42(29-37)41-15-7-9-17-45(41)49-46)36-22-20-32(21-23-36)34-19-18-31-10-4-5-11-33(31)28-34/h1-30H.